The molecule has 1 saturated heterocycles. The Labute approximate surface area is 133 Å². The molecule has 4 rings (SSSR count). The molecule has 112 valence electrons. The molecular formula is C17H17N3OS. The van der Waals surface area contributed by atoms with E-state index in [-0.39, 0.29) is 0 Å². The number of anilines is 1. The molecule has 0 N–H and O–H groups in total. The van der Waals surface area contributed by atoms with Crippen molar-refractivity contribution in [3.63, 3.8) is 0 Å². The second-order valence-electron chi connectivity index (χ2n) is 5.46. The monoisotopic (exact) mass is 311 g/mol. The molecule has 4 nitrogen and oxygen atoms in total. The zero-order chi connectivity index (χ0) is 14.9. The Morgan fingerprint density at radius 3 is 2.86 bits per heavy atom. The predicted octanol–water partition coefficient (Wildman–Crippen LogP) is 4.04. The minimum absolute atomic E-state index is 0.379. The van der Waals surface area contributed by atoms with Crippen molar-refractivity contribution in [2.45, 2.75) is 18.9 Å². The van der Waals surface area contributed by atoms with Gasteiger partial charge < -0.3 is 9.64 Å². The number of rotatable bonds is 3. The Hall–Kier alpha value is -2.14. The Kier molecular flexibility index (Phi) is 3.42. The van der Waals surface area contributed by atoms with Crippen LogP contribution in [0.4, 0.5) is 5.82 Å². The number of thiophene rings is 1. The van der Waals surface area contributed by atoms with Gasteiger partial charge in [0.05, 0.1) is 18.5 Å². The van der Waals surface area contributed by atoms with E-state index in [9.17, 15) is 0 Å². The van der Waals surface area contributed by atoms with Crippen molar-refractivity contribution in [2.24, 2.45) is 0 Å². The molecule has 1 atom stereocenters. The molecule has 0 bridgehead atoms. The molecule has 2 aromatic heterocycles. The van der Waals surface area contributed by atoms with Crippen molar-refractivity contribution < 1.29 is 4.74 Å². The SMILES string of the molecule is COc1ccc(C2CCCN2c2ncnc3sccc23)cc1. The predicted molar refractivity (Wildman–Crippen MR) is 89.7 cm³/mol. The second-order valence-corrected chi connectivity index (χ2v) is 6.36. The minimum Gasteiger partial charge on any atom is -0.497 e. The molecule has 0 spiro atoms. The van der Waals surface area contributed by atoms with Gasteiger partial charge in [-0.3, -0.25) is 0 Å². The second kappa shape index (κ2) is 5.57. The number of ether oxygens (including phenoxy) is 1. The maximum Gasteiger partial charge on any atom is 0.141 e. The summed E-state index contributed by atoms with van der Waals surface area (Å²) in [6.07, 6.45) is 4.02. The van der Waals surface area contributed by atoms with E-state index < -0.39 is 0 Å². The van der Waals surface area contributed by atoms with Crippen molar-refractivity contribution in [3.8, 4) is 5.75 Å². The normalized spacial score (nSPS) is 18.0. The maximum atomic E-state index is 5.26. The maximum absolute atomic E-state index is 5.26. The lowest BCUT2D eigenvalue weighted by Crippen LogP contribution is -2.23. The molecule has 1 aliphatic heterocycles. The zero-order valence-electron chi connectivity index (χ0n) is 12.4. The van der Waals surface area contributed by atoms with Crippen LogP contribution >= 0.6 is 11.3 Å². The van der Waals surface area contributed by atoms with Gasteiger partial charge in [0, 0.05) is 6.54 Å². The van der Waals surface area contributed by atoms with Crippen LogP contribution in [0.25, 0.3) is 10.2 Å². The number of hydrogen-bond acceptors (Lipinski definition) is 5. The van der Waals surface area contributed by atoms with Gasteiger partial charge in [0.2, 0.25) is 0 Å². The summed E-state index contributed by atoms with van der Waals surface area (Å²) >= 11 is 1.67. The van der Waals surface area contributed by atoms with Crippen molar-refractivity contribution in [3.05, 3.63) is 47.6 Å². The third-order valence-corrected chi connectivity index (χ3v) is 5.09. The van der Waals surface area contributed by atoms with E-state index in [1.54, 1.807) is 24.8 Å². The minimum atomic E-state index is 0.379. The van der Waals surface area contributed by atoms with Gasteiger partial charge in [-0.25, -0.2) is 9.97 Å². The van der Waals surface area contributed by atoms with Crippen LogP contribution < -0.4 is 9.64 Å². The lowest BCUT2D eigenvalue weighted by atomic mass is 10.0. The van der Waals surface area contributed by atoms with Crippen LogP contribution in [0.2, 0.25) is 0 Å². The number of nitrogens with zero attached hydrogens (tertiary/aromatic N) is 3. The summed E-state index contributed by atoms with van der Waals surface area (Å²) in [5, 5.41) is 3.24. The summed E-state index contributed by atoms with van der Waals surface area (Å²) in [5.41, 5.74) is 1.32. The summed E-state index contributed by atoms with van der Waals surface area (Å²) in [6, 6.07) is 10.9. The number of methoxy groups -OCH3 is 1. The molecule has 1 fully saturated rings. The van der Waals surface area contributed by atoms with Gasteiger partial charge in [-0.05, 0) is 42.0 Å². The molecule has 1 aliphatic rings. The standard InChI is InChI=1S/C17H17N3OS/c1-21-13-6-4-12(5-7-13)15-3-2-9-20(15)16-14-8-10-22-17(14)19-11-18-16/h4-8,10-11,15H,2-3,9H2,1H3. The van der Waals surface area contributed by atoms with Crippen molar-refractivity contribution in [1.82, 2.24) is 9.97 Å². The first-order valence-electron chi connectivity index (χ1n) is 7.45. The van der Waals surface area contributed by atoms with E-state index >= 15 is 0 Å². The first-order chi connectivity index (χ1) is 10.9. The van der Waals surface area contributed by atoms with E-state index in [4.69, 9.17) is 4.74 Å². The van der Waals surface area contributed by atoms with Crippen LogP contribution in [-0.4, -0.2) is 23.6 Å². The van der Waals surface area contributed by atoms with Crippen molar-refractivity contribution in [2.75, 3.05) is 18.6 Å². The molecule has 0 aliphatic carbocycles. The Morgan fingerprint density at radius 2 is 2.05 bits per heavy atom. The third kappa shape index (κ3) is 2.22. The van der Waals surface area contributed by atoms with Crippen LogP contribution in [-0.2, 0) is 0 Å². The molecule has 5 heteroatoms. The van der Waals surface area contributed by atoms with Gasteiger partial charge in [-0.2, -0.15) is 0 Å². The van der Waals surface area contributed by atoms with Gasteiger partial charge in [0.1, 0.15) is 22.7 Å². The van der Waals surface area contributed by atoms with E-state index in [0.717, 1.165) is 34.7 Å². The molecule has 0 radical (unpaired) electrons. The fourth-order valence-electron chi connectivity index (χ4n) is 3.20. The third-order valence-electron chi connectivity index (χ3n) is 4.27. The zero-order valence-corrected chi connectivity index (χ0v) is 13.2. The molecule has 3 heterocycles. The summed E-state index contributed by atoms with van der Waals surface area (Å²) in [7, 11) is 1.70. The van der Waals surface area contributed by atoms with Crippen LogP contribution in [0, 0.1) is 0 Å². The molecule has 0 amide bonds. The molecular weight excluding hydrogens is 294 g/mol. The summed E-state index contributed by atoms with van der Waals surface area (Å²) in [5.74, 6) is 1.96. The van der Waals surface area contributed by atoms with Crippen LogP contribution in [0.1, 0.15) is 24.4 Å². The van der Waals surface area contributed by atoms with E-state index in [0.29, 0.717) is 6.04 Å². The highest BCUT2D eigenvalue weighted by atomic mass is 32.1. The van der Waals surface area contributed by atoms with Crippen molar-refractivity contribution >= 4 is 27.4 Å². The highest BCUT2D eigenvalue weighted by Crippen LogP contribution is 2.38. The van der Waals surface area contributed by atoms with Gasteiger partial charge in [-0.1, -0.05) is 12.1 Å². The highest BCUT2D eigenvalue weighted by Gasteiger charge is 2.28. The molecule has 3 aromatic rings. The van der Waals surface area contributed by atoms with Gasteiger partial charge >= 0.3 is 0 Å². The first kappa shape index (κ1) is 13.5. The Bertz CT molecular complexity index is 784. The molecule has 22 heavy (non-hydrogen) atoms. The number of fused-ring (bicyclic) bond motifs is 1. The van der Waals surface area contributed by atoms with E-state index in [1.807, 2.05) is 12.1 Å². The van der Waals surface area contributed by atoms with Crippen LogP contribution in [0.15, 0.2) is 42.0 Å². The smallest absolute Gasteiger partial charge is 0.141 e. The molecule has 1 unspecified atom stereocenters. The van der Waals surface area contributed by atoms with E-state index in [1.165, 1.54) is 12.0 Å². The van der Waals surface area contributed by atoms with Gasteiger partial charge in [0.15, 0.2) is 0 Å². The fraction of sp³-hybridized carbons (Fsp3) is 0.294. The average molecular weight is 311 g/mol. The largest absolute Gasteiger partial charge is 0.497 e. The van der Waals surface area contributed by atoms with Crippen LogP contribution in [0.5, 0.6) is 5.75 Å². The number of aromatic nitrogens is 2. The summed E-state index contributed by atoms with van der Waals surface area (Å²) in [4.78, 5) is 12.4. The van der Waals surface area contributed by atoms with Crippen LogP contribution in [0.3, 0.4) is 0 Å². The fourth-order valence-corrected chi connectivity index (χ4v) is 3.93. The number of hydrogen-bond donors (Lipinski definition) is 0. The Balaban J connectivity index is 1.72. The molecule has 0 saturated carbocycles. The quantitative estimate of drug-likeness (QED) is 0.731. The van der Waals surface area contributed by atoms with Gasteiger partial charge in [-0.15, -0.1) is 11.3 Å². The summed E-state index contributed by atoms with van der Waals surface area (Å²) < 4.78 is 5.26. The topological polar surface area (TPSA) is 38.2 Å². The van der Waals surface area contributed by atoms with E-state index in [2.05, 4.69) is 38.4 Å². The average Bonchev–Trinajstić information content (AvgIpc) is 3.23. The lowest BCUT2D eigenvalue weighted by molar-refractivity contribution is 0.414. The Morgan fingerprint density at radius 1 is 1.18 bits per heavy atom. The van der Waals surface area contributed by atoms with Crippen molar-refractivity contribution in [1.29, 1.82) is 0 Å². The summed E-state index contributed by atoms with van der Waals surface area (Å²) in [6.45, 7) is 1.04. The van der Waals surface area contributed by atoms with Gasteiger partial charge in [0.25, 0.3) is 0 Å². The first-order valence-corrected chi connectivity index (χ1v) is 8.33. The highest BCUT2D eigenvalue weighted by molar-refractivity contribution is 7.16. The molecule has 1 aromatic carbocycles. The number of benzene rings is 1. The lowest BCUT2D eigenvalue weighted by Gasteiger charge is -2.26.